The topological polar surface area (TPSA) is 146 Å². The van der Waals surface area contributed by atoms with Crippen molar-refractivity contribution >= 4 is 0 Å². The van der Waals surface area contributed by atoms with Gasteiger partial charge in [-0.3, -0.25) is 0 Å². The fraction of sp³-hybridized carbons (Fsp3) is 1.00. The first-order valence-corrected chi connectivity index (χ1v) is 5.28. The highest BCUT2D eigenvalue weighted by Gasteiger charge is 2.47. The minimum atomic E-state index is -1.56. The summed E-state index contributed by atoms with van der Waals surface area (Å²) >= 11 is 0. The zero-order valence-electron chi connectivity index (χ0n) is 9.38. The molecule has 0 amide bonds. The minimum absolute atomic E-state index is 0.657. The van der Waals surface area contributed by atoms with Gasteiger partial charge in [-0.2, -0.15) is 0 Å². The minimum Gasteiger partial charge on any atom is -0.394 e. The molecule has 102 valence electrons. The van der Waals surface area contributed by atoms with Gasteiger partial charge in [0.15, 0.2) is 6.29 Å². The van der Waals surface area contributed by atoms with Gasteiger partial charge >= 0.3 is 0 Å². The summed E-state index contributed by atoms with van der Waals surface area (Å²) in [6.45, 7) is 0.834. The van der Waals surface area contributed by atoms with Gasteiger partial charge in [0, 0.05) is 0 Å². The smallest absolute Gasteiger partial charge is 0.188 e. The third-order valence-corrected chi connectivity index (χ3v) is 2.52. The molecule has 17 heavy (non-hydrogen) atoms. The highest BCUT2D eigenvalue weighted by atomic mass is 16.7. The summed E-state index contributed by atoms with van der Waals surface area (Å²) in [5.74, 6) is 0. The number of rotatable bonds is 4. The monoisotopic (exact) mass is 253 g/mol. The van der Waals surface area contributed by atoms with E-state index in [9.17, 15) is 20.4 Å². The molecule has 1 saturated heterocycles. The highest BCUT2D eigenvalue weighted by Crippen LogP contribution is 2.24. The van der Waals surface area contributed by atoms with E-state index in [1.165, 1.54) is 6.92 Å². The lowest BCUT2D eigenvalue weighted by molar-refractivity contribution is -0.319. The molecule has 1 fully saturated rings. The largest absolute Gasteiger partial charge is 0.394 e. The molecule has 8 nitrogen and oxygen atoms in total. The Bertz CT molecular complexity index is 239. The van der Waals surface area contributed by atoms with E-state index >= 15 is 0 Å². The van der Waals surface area contributed by atoms with Crippen molar-refractivity contribution in [3.63, 3.8) is 0 Å². The summed E-state index contributed by atoms with van der Waals surface area (Å²) < 4.78 is 10.1. The summed E-state index contributed by atoms with van der Waals surface area (Å²) in [6, 6.07) is 0. The number of aliphatic hydroxyl groups excluding tert-OH is 5. The van der Waals surface area contributed by atoms with Gasteiger partial charge < -0.3 is 40.7 Å². The molecule has 1 aliphatic heterocycles. The second-order valence-corrected chi connectivity index (χ2v) is 4.03. The molecule has 1 rings (SSSR count). The Labute approximate surface area is 98.2 Å². The fourth-order valence-corrected chi connectivity index (χ4v) is 1.62. The molecule has 2 unspecified atom stereocenters. The lowest BCUT2D eigenvalue weighted by Gasteiger charge is -2.42. The summed E-state index contributed by atoms with van der Waals surface area (Å²) in [7, 11) is 0. The van der Waals surface area contributed by atoms with E-state index in [2.05, 4.69) is 0 Å². The third-order valence-electron chi connectivity index (χ3n) is 2.52. The lowest BCUT2D eigenvalue weighted by Crippen LogP contribution is -2.62. The maximum atomic E-state index is 9.57. The van der Waals surface area contributed by atoms with E-state index in [0.717, 1.165) is 0 Å². The molecule has 0 aromatic carbocycles. The summed E-state index contributed by atoms with van der Waals surface area (Å²) in [6.07, 6.45) is -9.27. The van der Waals surface area contributed by atoms with Crippen molar-refractivity contribution in [1.82, 2.24) is 0 Å². The van der Waals surface area contributed by atoms with Crippen molar-refractivity contribution in [2.75, 3.05) is 6.61 Å². The van der Waals surface area contributed by atoms with Gasteiger partial charge in [-0.15, -0.1) is 0 Å². The fourth-order valence-electron chi connectivity index (χ4n) is 1.62. The Morgan fingerprint density at radius 3 is 2.29 bits per heavy atom. The van der Waals surface area contributed by atoms with E-state index in [-0.39, 0.29) is 0 Å². The number of nitrogens with two attached hydrogens (primary N) is 1. The van der Waals surface area contributed by atoms with E-state index in [4.69, 9.17) is 20.3 Å². The van der Waals surface area contributed by atoms with Crippen molar-refractivity contribution in [2.45, 2.75) is 50.0 Å². The van der Waals surface area contributed by atoms with Crippen molar-refractivity contribution < 1.29 is 35.0 Å². The number of aliphatic hydroxyl groups is 5. The van der Waals surface area contributed by atoms with E-state index < -0.39 is 49.6 Å². The van der Waals surface area contributed by atoms with Crippen LogP contribution in [-0.4, -0.2) is 75.2 Å². The Balaban J connectivity index is 2.75. The lowest BCUT2D eigenvalue weighted by atomic mass is 9.95. The van der Waals surface area contributed by atoms with Gasteiger partial charge in [-0.1, -0.05) is 0 Å². The van der Waals surface area contributed by atoms with Crippen molar-refractivity contribution in [3.05, 3.63) is 0 Å². The van der Waals surface area contributed by atoms with Crippen molar-refractivity contribution in [3.8, 4) is 0 Å². The van der Waals surface area contributed by atoms with Gasteiger partial charge in [0.2, 0.25) is 0 Å². The van der Waals surface area contributed by atoms with Gasteiger partial charge in [0.05, 0.1) is 6.61 Å². The van der Waals surface area contributed by atoms with Crippen LogP contribution in [0.5, 0.6) is 0 Å². The van der Waals surface area contributed by atoms with Gasteiger partial charge in [-0.05, 0) is 6.92 Å². The Morgan fingerprint density at radius 2 is 1.82 bits per heavy atom. The zero-order chi connectivity index (χ0) is 13.2. The molecule has 0 aromatic rings. The Morgan fingerprint density at radius 1 is 1.24 bits per heavy atom. The van der Waals surface area contributed by atoms with E-state index in [0.29, 0.717) is 0 Å². The van der Waals surface area contributed by atoms with Gasteiger partial charge in [0.25, 0.3) is 0 Å². The molecule has 8 heteroatoms. The normalized spacial score (nSPS) is 42.2. The van der Waals surface area contributed by atoms with Crippen LogP contribution in [-0.2, 0) is 9.47 Å². The van der Waals surface area contributed by atoms with Crippen molar-refractivity contribution in [1.29, 1.82) is 0 Å². The number of ether oxygens (including phenoxy) is 2. The van der Waals surface area contributed by atoms with Crippen LogP contribution in [0.4, 0.5) is 0 Å². The third kappa shape index (κ3) is 3.33. The Kier molecular flexibility index (Phi) is 5.22. The van der Waals surface area contributed by atoms with Crippen LogP contribution in [0.2, 0.25) is 0 Å². The van der Waals surface area contributed by atoms with Crippen molar-refractivity contribution in [2.24, 2.45) is 5.73 Å². The average molecular weight is 253 g/mol. The van der Waals surface area contributed by atoms with E-state index in [1.807, 2.05) is 0 Å². The summed E-state index contributed by atoms with van der Waals surface area (Å²) in [5.41, 5.74) is 5.35. The van der Waals surface area contributed by atoms with Gasteiger partial charge in [0.1, 0.15) is 36.7 Å². The molecular weight excluding hydrogens is 234 g/mol. The average Bonchev–Trinajstić information content (AvgIpc) is 2.28. The van der Waals surface area contributed by atoms with Crippen LogP contribution in [0.3, 0.4) is 0 Å². The zero-order valence-corrected chi connectivity index (χ0v) is 9.38. The van der Waals surface area contributed by atoms with E-state index in [1.54, 1.807) is 0 Å². The first-order valence-electron chi connectivity index (χ1n) is 5.28. The maximum absolute atomic E-state index is 9.57. The number of hydrogen-bond acceptors (Lipinski definition) is 8. The van der Waals surface area contributed by atoms with Crippen LogP contribution >= 0.6 is 0 Å². The molecule has 7 atom stereocenters. The van der Waals surface area contributed by atoms with Crippen LogP contribution in [0.15, 0.2) is 0 Å². The highest BCUT2D eigenvalue weighted by molar-refractivity contribution is 4.92. The second-order valence-electron chi connectivity index (χ2n) is 4.03. The maximum Gasteiger partial charge on any atom is 0.188 e. The molecular formula is C9H19NO7. The molecule has 0 radical (unpaired) electrons. The first-order chi connectivity index (χ1) is 7.88. The SMILES string of the molecule is CC(N)OC1O[C@H]([C@H](O)CO)[C@@H](O)[C@H](O)[C@@H]1O. The summed E-state index contributed by atoms with van der Waals surface area (Å²) in [5, 5.41) is 46.9. The van der Waals surface area contributed by atoms with Crippen LogP contribution in [0, 0.1) is 0 Å². The van der Waals surface area contributed by atoms with Crippen LogP contribution < -0.4 is 5.73 Å². The molecule has 0 spiro atoms. The quantitative estimate of drug-likeness (QED) is 0.283. The van der Waals surface area contributed by atoms with Crippen LogP contribution in [0.1, 0.15) is 6.92 Å². The summed E-state index contributed by atoms with van der Waals surface area (Å²) in [4.78, 5) is 0. The molecule has 0 aromatic heterocycles. The van der Waals surface area contributed by atoms with Crippen LogP contribution in [0.25, 0.3) is 0 Å². The predicted molar refractivity (Wildman–Crippen MR) is 54.5 cm³/mol. The standard InChI is InChI=1S/C9H19NO7/c1-3(10)16-9-7(15)5(13)6(14)8(17-9)4(12)2-11/h3-9,11-15H,2,10H2,1H3/t3?,4-,5+,6+,7+,8-,9?/m1/s1. The molecule has 7 N–H and O–H groups in total. The second kappa shape index (κ2) is 6.03. The van der Waals surface area contributed by atoms with Gasteiger partial charge in [-0.25, -0.2) is 0 Å². The first kappa shape index (κ1) is 14.7. The Hall–Kier alpha value is -0.320. The predicted octanol–water partition coefficient (Wildman–Crippen LogP) is -3.53. The molecule has 0 aliphatic carbocycles. The molecule has 0 bridgehead atoms. The molecule has 0 saturated carbocycles. The molecule has 1 heterocycles. The number of hydrogen-bond donors (Lipinski definition) is 6. The molecule has 1 aliphatic rings.